The minimum atomic E-state index is -0.182. The van der Waals surface area contributed by atoms with Crippen LogP contribution >= 0.6 is 0 Å². The maximum Gasteiger partial charge on any atom is 0.252 e. The van der Waals surface area contributed by atoms with Gasteiger partial charge in [0.2, 0.25) is 5.82 Å². The highest BCUT2D eigenvalue weighted by Crippen LogP contribution is 2.33. The van der Waals surface area contributed by atoms with E-state index in [1.165, 1.54) is 0 Å². The summed E-state index contributed by atoms with van der Waals surface area (Å²) in [5, 5.41) is 7.32. The van der Waals surface area contributed by atoms with Gasteiger partial charge in [0.05, 0.1) is 6.10 Å². The van der Waals surface area contributed by atoms with Crippen molar-refractivity contribution >= 4 is 0 Å². The van der Waals surface area contributed by atoms with Crippen LogP contribution in [0.25, 0.3) is 0 Å². The Bertz CT molecular complexity index is 408. The van der Waals surface area contributed by atoms with Gasteiger partial charge in [-0.05, 0) is 31.3 Å². The SMILES string of the molecule is COC(c1noc(COC2CCNCC2)n1)C(C)(C)C. The molecule has 6 heteroatoms. The van der Waals surface area contributed by atoms with E-state index in [-0.39, 0.29) is 17.6 Å². The van der Waals surface area contributed by atoms with Crippen LogP contribution < -0.4 is 5.32 Å². The molecule has 0 amide bonds. The summed E-state index contributed by atoms with van der Waals surface area (Å²) < 4.78 is 16.5. The van der Waals surface area contributed by atoms with Crippen LogP contribution in [0.4, 0.5) is 0 Å². The first-order chi connectivity index (χ1) is 9.50. The summed E-state index contributed by atoms with van der Waals surface area (Å²) in [4.78, 5) is 4.39. The number of aromatic nitrogens is 2. The summed E-state index contributed by atoms with van der Waals surface area (Å²) >= 11 is 0. The molecule has 0 spiro atoms. The summed E-state index contributed by atoms with van der Waals surface area (Å²) in [5.74, 6) is 1.11. The van der Waals surface area contributed by atoms with Crippen molar-refractivity contribution in [2.75, 3.05) is 20.2 Å². The number of hydrogen-bond acceptors (Lipinski definition) is 6. The van der Waals surface area contributed by atoms with Gasteiger partial charge < -0.3 is 19.3 Å². The Morgan fingerprint density at radius 2 is 2.05 bits per heavy atom. The first kappa shape index (κ1) is 15.4. The summed E-state index contributed by atoms with van der Waals surface area (Å²) in [7, 11) is 1.66. The van der Waals surface area contributed by atoms with Gasteiger partial charge >= 0.3 is 0 Å². The van der Waals surface area contributed by atoms with Crippen molar-refractivity contribution in [2.24, 2.45) is 5.41 Å². The molecule has 1 N–H and O–H groups in total. The Kier molecular flexibility index (Phi) is 5.12. The molecule has 1 unspecified atom stereocenters. The molecule has 1 aliphatic rings. The molecule has 0 aromatic carbocycles. The topological polar surface area (TPSA) is 69.4 Å². The number of hydrogen-bond donors (Lipinski definition) is 1. The van der Waals surface area contributed by atoms with Crippen molar-refractivity contribution in [2.45, 2.75) is 52.4 Å². The van der Waals surface area contributed by atoms with E-state index in [1.54, 1.807) is 7.11 Å². The van der Waals surface area contributed by atoms with Crippen molar-refractivity contribution < 1.29 is 14.0 Å². The third kappa shape index (κ3) is 4.01. The van der Waals surface area contributed by atoms with Crippen LogP contribution in [-0.2, 0) is 16.1 Å². The van der Waals surface area contributed by atoms with Crippen molar-refractivity contribution in [1.82, 2.24) is 15.5 Å². The van der Waals surface area contributed by atoms with Gasteiger partial charge in [-0.1, -0.05) is 25.9 Å². The lowest BCUT2D eigenvalue weighted by atomic mass is 9.88. The van der Waals surface area contributed by atoms with Crippen LogP contribution in [0, 0.1) is 5.41 Å². The Balaban J connectivity index is 1.91. The molecule has 1 aromatic heterocycles. The van der Waals surface area contributed by atoms with Crippen LogP contribution in [0.3, 0.4) is 0 Å². The van der Waals surface area contributed by atoms with Crippen molar-refractivity contribution in [1.29, 1.82) is 0 Å². The van der Waals surface area contributed by atoms with Crippen molar-refractivity contribution in [3.8, 4) is 0 Å². The lowest BCUT2D eigenvalue weighted by Gasteiger charge is -2.26. The number of rotatable bonds is 5. The van der Waals surface area contributed by atoms with E-state index in [1.807, 2.05) is 0 Å². The monoisotopic (exact) mass is 283 g/mol. The van der Waals surface area contributed by atoms with Crippen molar-refractivity contribution in [3.63, 3.8) is 0 Å². The molecule has 1 aromatic rings. The highest BCUT2D eigenvalue weighted by Gasteiger charge is 2.30. The van der Waals surface area contributed by atoms with E-state index in [0.717, 1.165) is 25.9 Å². The van der Waals surface area contributed by atoms with Gasteiger partial charge in [-0.15, -0.1) is 0 Å². The molecule has 114 valence electrons. The lowest BCUT2D eigenvalue weighted by molar-refractivity contribution is 0.00705. The molecule has 20 heavy (non-hydrogen) atoms. The average molecular weight is 283 g/mol. The van der Waals surface area contributed by atoms with Crippen molar-refractivity contribution in [3.05, 3.63) is 11.7 Å². The second kappa shape index (κ2) is 6.65. The van der Waals surface area contributed by atoms with Gasteiger partial charge in [-0.2, -0.15) is 4.98 Å². The van der Waals surface area contributed by atoms with E-state index in [0.29, 0.717) is 18.3 Å². The normalized spacial score (nSPS) is 19.2. The van der Waals surface area contributed by atoms with Gasteiger partial charge in [0.1, 0.15) is 12.7 Å². The number of ether oxygens (including phenoxy) is 2. The second-order valence-electron chi connectivity index (χ2n) is 6.29. The standard InChI is InChI=1S/C14H25N3O3/c1-14(2,3)12(18-4)13-16-11(20-17-13)9-19-10-5-7-15-8-6-10/h10,12,15H,5-9H2,1-4H3. The average Bonchev–Trinajstić information content (AvgIpc) is 2.85. The van der Waals surface area contributed by atoms with E-state index >= 15 is 0 Å². The Labute approximate surface area is 120 Å². The first-order valence-corrected chi connectivity index (χ1v) is 7.18. The quantitative estimate of drug-likeness (QED) is 0.892. The van der Waals surface area contributed by atoms with E-state index in [2.05, 4.69) is 36.2 Å². The zero-order valence-corrected chi connectivity index (χ0v) is 12.8. The summed E-state index contributed by atoms with van der Waals surface area (Å²) in [6.45, 7) is 8.65. The molecule has 1 fully saturated rings. The largest absolute Gasteiger partial charge is 0.373 e. The third-order valence-electron chi connectivity index (χ3n) is 3.47. The molecular formula is C14H25N3O3. The predicted octanol–water partition coefficient (Wildman–Crippen LogP) is 2.07. The maximum atomic E-state index is 5.80. The Morgan fingerprint density at radius 1 is 1.35 bits per heavy atom. The summed E-state index contributed by atoms with van der Waals surface area (Å²) in [6.07, 6.45) is 2.17. The predicted molar refractivity (Wildman–Crippen MR) is 74.2 cm³/mol. The number of methoxy groups -OCH3 is 1. The van der Waals surface area contributed by atoms with Gasteiger partial charge in [0.25, 0.3) is 5.89 Å². The van der Waals surface area contributed by atoms with Crippen LogP contribution in [0.1, 0.15) is 51.4 Å². The van der Waals surface area contributed by atoms with Crippen LogP contribution in [-0.4, -0.2) is 36.4 Å². The van der Waals surface area contributed by atoms with Crippen LogP contribution in [0.5, 0.6) is 0 Å². The fraction of sp³-hybridized carbons (Fsp3) is 0.857. The minimum absolute atomic E-state index is 0.0776. The highest BCUT2D eigenvalue weighted by atomic mass is 16.5. The lowest BCUT2D eigenvalue weighted by Crippen LogP contribution is -2.32. The molecule has 6 nitrogen and oxygen atoms in total. The van der Waals surface area contributed by atoms with E-state index in [9.17, 15) is 0 Å². The summed E-state index contributed by atoms with van der Waals surface area (Å²) in [5.41, 5.74) is -0.0776. The summed E-state index contributed by atoms with van der Waals surface area (Å²) in [6, 6.07) is 0. The van der Waals surface area contributed by atoms with E-state index < -0.39 is 0 Å². The van der Waals surface area contributed by atoms with Crippen LogP contribution in [0.15, 0.2) is 4.52 Å². The minimum Gasteiger partial charge on any atom is -0.373 e. The fourth-order valence-electron chi connectivity index (χ4n) is 2.43. The highest BCUT2D eigenvalue weighted by molar-refractivity contribution is 4.95. The smallest absolute Gasteiger partial charge is 0.252 e. The van der Waals surface area contributed by atoms with Crippen LogP contribution in [0.2, 0.25) is 0 Å². The van der Waals surface area contributed by atoms with Gasteiger partial charge in [-0.3, -0.25) is 0 Å². The fourth-order valence-corrected chi connectivity index (χ4v) is 2.43. The molecule has 0 radical (unpaired) electrons. The maximum absolute atomic E-state index is 5.80. The zero-order chi connectivity index (χ0) is 14.6. The Hall–Kier alpha value is -0.980. The molecule has 1 saturated heterocycles. The number of nitrogens with one attached hydrogen (secondary N) is 1. The van der Waals surface area contributed by atoms with Gasteiger partial charge in [0, 0.05) is 7.11 Å². The Morgan fingerprint density at radius 3 is 2.65 bits per heavy atom. The molecule has 0 bridgehead atoms. The second-order valence-corrected chi connectivity index (χ2v) is 6.29. The molecule has 0 saturated carbocycles. The molecule has 0 aliphatic carbocycles. The molecule has 2 heterocycles. The van der Waals surface area contributed by atoms with E-state index in [4.69, 9.17) is 14.0 Å². The molecular weight excluding hydrogens is 258 g/mol. The number of piperidine rings is 1. The zero-order valence-electron chi connectivity index (χ0n) is 12.8. The molecule has 1 aliphatic heterocycles. The number of nitrogens with zero attached hydrogens (tertiary/aromatic N) is 2. The third-order valence-corrected chi connectivity index (χ3v) is 3.47. The van der Waals surface area contributed by atoms with Gasteiger partial charge in [0.15, 0.2) is 0 Å². The molecule has 1 atom stereocenters. The first-order valence-electron chi connectivity index (χ1n) is 7.18. The molecule has 2 rings (SSSR count). The van der Waals surface area contributed by atoms with Gasteiger partial charge in [-0.25, -0.2) is 0 Å².